The minimum absolute atomic E-state index is 0.190. The van der Waals surface area contributed by atoms with E-state index in [1.165, 1.54) is 12.4 Å². The third-order valence-corrected chi connectivity index (χ3v) is 3.98. The van der Waals surface area contributed by atoms with Crippen LogP contribution in [0, 0.1) is 19.1 Å². The number of hydrogen-bond acceptors (Lipinski definition) is 3. The molecule has 22 heavy (non-hydrogen) atoms. The van der Waals surface area contributed by atoms with Crippen molar-refractivity contribution >= 4 is 28.1 Å². The first-order chi connectivity index (χ1) is 10.6. The molecule has 0 fully saturated rings. The molecule has 2 aromatic heterocycles. The zero-order chi connectivity index (χ0) is 15.4. The quantitative estimate of drug-likeness (QED) is 0.511. The summed E-state index contributed by atoms with van der Waals surface area (Å²) in [5.41, 5.74) is 3.67. The molecule has 1 aliphatic heterocycles. The molecule has 108 valence electrons. The number of benzene rings is 1. The summed E-state index contributed by atoms with van der Waals surface area (Å²) in [6.07, 6.45) is 2.82. The molecular weight excluding hydrogens is 278 g/mol. The lowest BCUT2D eigenvalue weighted by molar-refractivity contribution is -0.603. The van der Waals surface area contributed by atoms with E-state index < -0.39 is 0 Å². The fourth-order valence-electron chi connectivity index (χ4n) is 3.06. The predicted octanol–water partition coefficient (Wildman–Crippen LogP) is 2.78. The second kappa shape index (κ2) is 4.27. The third kappa shape index (κ3) is 1.62. The largest absolute Gasteiger partial charge is 0.619 e. The molecule has 0 aliphatic carbocycles. The van der Waals surface area contributed by atoms with Gasteiger partial charge in [-0.1, -0.05) is 6.07 Å². The van der Waals surface area contributed by atoms with Gasteiger partial charge >= 0.3 is 0 Å². The molecule has 0 N–H and O–H groups in total. The van der Waals surface area contributed by atoms with Crippen molar-refractivity contribution in [1.29, 1.82) is 0 Å². The van der Waals surface area contributed by atoms with E-state index in [9.17, 15) is 10.0 Å². The van der Waals surface area contributed by atoms with E-state index in [1.807, 2.05) is 44.2 Å². The van der Waals surface area contributed by atoms with E-state index in [0.717, 1.165) is 33.5 Å². The summed E-state index contributed by atoms with van der Waals surface area (Å²) in [5, 5.41) is 13.3. The average Bonchev–Trinajstić information content (AvgIpc) is 2.74. The van der Waals surface area contributed by atoms with E-state index >= 15 is 0 Å². The summed E-state index contributed by atoms with van der Waals surface area (Å²) in [5.74, 6) is -0.190. The van der Waals surface area contributed by atoms with Gasteiger partial charge in [0.05, 0.1) is 17.1 Å². The Labute approximate surface area is 127 Å². The van der Waals surface area contributed by atoms with Gasteiger partial charge in [-0.05, 0) is 38.1 Å². The van der Waals surface area contributed by atoms with Crippen LogP contribution in [0.1, 0.15) is 21.7 Å². The lowest BCUT2D eigenvalue weighted by Gasteiger charge is -2.19. The van der Waals surface area contributed by atoms with Gasteiger partial charge < -0.3 is 5.21 Å². The Hall–Kier alpha value is -2.95. The number of anilines is 2. The van der Waals surface area contributed by atoms with Crippen LogP contribution in [0.2, 0.25) is 0 Å². The van der Waals surface area contributed by atoms with Crippen LogP contribution in [-0.2, 0) is 0 Å². The topological polar surface area (TPSA) is 60.1 Å². The Kier molecular flexibility index (Phi) is 2.48. The first-order valence-corrected chi connectivity index (χ1v) is 7.00. The van der Waals surface area contributed by atoms with E-state index in [0.29, 0.717) is 10.3 Å². The second-order valence-corrected chi connectivity index (χ2v) is 5.47. The summed E-state index contributed by atoms with van der Waals surface area (Å²) in [6.45, 7) is 3.80. The Bertz CT molecular complexity index is 950. The summed E-state index contributed by atoms with van der Waals surface area (Å²) in [7, 11) is 0. The van der Waals surface area contributed by atoms with Crippen LogP contribution in [0.25, 0.3) is 10.8 Å². The van der Waals surface area contributed by atoms with Gasteiger partial charge in [-0.25, -0.2) is 0 Å². The van der Waals surface area contributed by atoms with Gasteiger partial charge in [-0.2, -0.15) is 4.73 Å². The van der Waals surface area contributed by atoms with E-state index in [2.05, 4.69) is 4.98 Å². The molecule has 0 saturated carbocycles. The van der Waals surface area contributed by atoms with E-state index in [4.69, 9.17) is 0 Å². The zero-order valence-electron chi connectivity index (χ0n) is 12.2. The summed E-state index contributed by atoms with van der Waals surface area (Å²) in [4.78, 5) is 18.9. The number of carbonyl (C=O) groups excluding carboxylic acids is 1. The fourth-order valence-corrected chi connectivity index (χ4v) is 3.06. The first kappa shape index (κ1) is 12.8. The highest BCUT2D eigenvalue weighted by Crippen LogP contribution is 2.41. The highest BCUT2D eigenvalue weighted by molar-refractivity contribution is 6.27. The molecule has 1 aliphatic rings. The van der Waals surface area contributed by atoms with Crippen molar-refractivity contribution in [2.75, 3.05) is 4.90 Å². The molecule has 0 spiro atoms. The molecule has 5 nitrogen and oxygen atoms in total. The molecule has 3 aromatic rings. The number of amides is 1. The van der Waals surface area contributed by atoms with Crippen molar-refractivity contribution in [3.8, 4) is 0 Å². The zero-order valence-corrected chi connectivity index (χ0v) is 12.2. The number of aromatic nitrogens is 2. The van der Waals surface area contributed by atoms with Gasteiger partial charge in [0.2, 0.25) is 0 Å². The lowest BCUT2D eigenvalue weighted by atomic mass is 10.1. The Morgan fingerprint density at radius 3 is 2.68 bits per heavy atom. The standard InChI is InChI=1S/C17H13N3O2/c1-10-6-7-14(11(2)18-10)20-15-5-3-4-12-8-19(22)9-13(16(12)15)17(20)21/h3-9H,1-2H3. The van der Waals surface area contributed by atoms with Gasteiger partial charge in [0.25, 0.3) is 5.91 Å². The molecule has 0 atom stereocenters. The van der Waals surface area contributed by atoms with E-state index in [1.54, 1.807) is 4.90 Å². The highest BCUT2D eigenvalue weighted by Gasteiger charge is 2.34. The smallest absolute Gasteiger partial charge is 0.269 e. The molecule has 0 radical (unpaired) electrons. The van der Waals surface area contributed by atoms with Gasteiger partial charge in [0.1, 0.15) is 5.56 Å². The summed E-state index contributed by atoms with van der Waals surface area (Å²) >= 11 is 0. The Balaban J connectivity index is 2.02. The number of hydrogen-bond donors (Lipinski definition) is 0. The molecule has 0 unspecified atom stereocenters. The van der Waals surface area contributed by atoms with Gasteiger partial charge in [-0.3, -0.25) is 14.7 Å². The maximum absolute atomic E-state index is 12.8. The average molecular weight is 291 g/mol. The second-order valence-electron chi connectivity index (χ2n) is 5.47. The Morgan fingerprint density at radius 2 is 1.91 bits per heavy atom. The van der Waals surface area contributed by atoms with Crippen molar-refractivity contribution in [3.05, 3.63) is 64.9 Å². The number of pyridine rings is 2. The minimum atomic E-state index is -0.190. The summed E-state index contributed by atoms with van der Waals surface area (Å²) in [6, 6.07) is 9.36. The fraction of sp³-hybridized carbons (Fsp3) is 0.118. The van der Waals surface area contributed by atoms with Crippen LogP contribution in [-0.4, -0.2) is 10.9 Å². The van der Waals surface area contributed by atoms with Gasteiger partial charge in [0, 0.05) is 16.5 Å². The van der Waals surface area contributed by atoms with Gasteiger partial charge in [0.15, 0.2) is 12.4 Å². The number of nitrogens with zero attached hydrogens (tertiary/aromatic N) is 3. The van der Waals surface area contributed by atoms with Crippen LogP contribution >= 0.6 is 0 Å². The SMILES string of the molecule is Cc1ccc(N2C(=O)c3c[n+]([O-])cc4cccc2c34)c(C)n1. The Morgan fingerprint density at radius 1 is 1.09 bits per heavy atom. The molecular formula is C17H13N3O2. The van der Waals surface area contributed by atoms with Crippen molar-refractivity contribution in [3.63, 3.8) is 0 Å². The predicted molar refractivity (Wildman–Crippen MR) is 83.1 cm³/mol. The number of aryl methyl sites for hydroxylation is 2. The van der Waals surface area contributed by atoms with E-state index in [-0.39, 0.29) is 5.91 Å². The monoisotopic (exact) mass is 291 g/mol. The molecule has 3 heterocycles. The van der Waals surface area contributed by atoms with Crippen LogP contribution in [0.4, 0.5) is 11.4 Å². The number of carbonyl (C=O) groups is 1. The molecule has 1 aromatic carbocycles. The van der Waals surface area contributed by atoms with Crippen molar-refractivity contribution < 1.29 is 9.52 Å². The summed E-state index contributed by atoms with van der Waals surface area (Å²) < 4.78 is 0.684. The van der Waals surface area contributed by atoms with Crippen LogP contribution < -0.4 is 9.63 Å². The maximum atomic E-state index is 12.8. The van der Waals surface area contributed by atoms with Crippen molar-refractivity contribution in [1.82, 2.24) is 4.98 Å². The first-order valence-electron chi connectivity index (χ1n) is 7.00. The maximum Gasteiger partial charge on any atom is 0.269 e. The van der Waals surface area contributed by atoms with Crippen LogP contribution in [0.3, 0.4) is 0 Å². The molecule has 5 heteroatoms. The molecule has 4 rings (SSSR count). The van der Waals surface area contributed by atoms with Crippen molar-refractivity contribution in [2.24, 2.45) is 0 Å². The normalized spacial score (nSPS) is 13.2. The third-order valence-electron chi connectivity index (χ3n) is 3.98. The lowest BCUT2D eigenvalue weighted by Crippen LogP contribution is -2.28. The molecule has 0 bridgehead atoms. The van der Waals surface area contributed by atoms with Gasteiger partial charge in [-0.15, -0.1) is 0 Å². The number of rotatable bonds is 1. The van der Waals surface area contributed by atoms with Crippen molar-refractivity contribution in [2.45, 2.75) is 13.8 Å². The molecule has 0 saturated heterocycles. The minimum Gasteiger partial charge on any atom is -0.619 e. The van der Waals surface area contributed by atoms with Crippen LogP contribution in [0.15, 0.2) is 42.7 Å². The highest BCUT2D eigenvalue weighted by atomic mass is 16.5. The molecule has 1 amide bonds. The van der Waals surface area contributed by atoms with Crippen LogP contribution in [0.5, 0.6) is 0 Å².